The summed E-state index contributed by atoms with van der Waals surface area (Å²) in [5.74, 6) is -0.186. The van der Waals surface area contributed by atoms with Crippen molar-refractivity contribution < 1.29 is 19.3 Å². The largest absolute Gasteiger partial charge is 0.491 e. The Bertz CT molecular complexity index is 1250. The third-order valence-corrected chi connectivity index (χ3v) is 5.41. The number of aliphatic hydroxyl groups is 1. The second-order valence-electron chi connectivity index (χ2n) is 8.39. The Kier molecular flexibility index (Phi) is 5.16. The average Bonchev–Trinajstić information content (AvgIpc) is 3.34. The highest BCUT2D eigenvalue weighted by Crippen LogP contribution is 2.35. The number of hydrogen-bond donors (Lipinski definition) is 2. The smallest absolute Gasteiger partial charge is 0.160 e. The van der Waals surface area contributed by atoms with Gasteiger partial charge in [0.25, 0.3) is 0 Å². The molecule has 4 heterocycles. The molecular formula is C23H25N5O4. The van der Waals surface area contributed by atoms with Crippen molar-refractivity contribution in [1.29, 1.82) is 0 Å². The maximum atomic E-state index is 10.2. The van der Waals surface area contributed by atoms with Crippen LogP contribution >= 0.6 is 0 Å². The van der Waals surface area contributed by atoms with Gasteiger partial charge < -0.3 is 29.6 Å². The first-order chi connectivity index (χ1) is 15.4. The van der Waals surface area contributed by atoms with Crippen LogP contribution in [0.1, 0.15) is 26.5 Å². The van der Waals surface area contributed by atoms with Gasteiger partial charge in [-0.25, -0.2) is 15.0 Å². The third kappa shape index (κ3) is 4.22. The average molecular weight is 435 g/mol. The topological polar surface area (TPSA) is 118 Å². The summed E-state index contributed by atoms with van der Waals surface area (Å²) in [4.78, 5) is 12.8. The predicted molar refractivity (Wildman–Crippen MR) is 119 cm³/mol. The lowest BCUT2D eigenvalue weighted by Gasteiger charge is -2.26. The fourth-order valence-corrected chi connectivity index (χ4v) is 4.03. The van der Waals surface area contributed by atoms with E-state index in [1.54, 1.807) is 26.1 Å². The van der Waals surface area contributed by atoms with Crippen LogP contribution in [0.15, 0.2) is 55.1 Å². The van der Waals surface area contributed by atoms with Crippen molar-refractivity contribution in [3.63, 3.8) is 0 Å². The van der Waals surface area contributed by atoms with Gasteiger partial charge in [-0.05, 0) is 44.2 Å². The molecule has 0 saturated carbocycles. The zero-order valence-corrected chi connectivity index (χ0v) is 17.9. The molecule has 9 heteroatoms. The van der Waals surface area contributed by atoms with Crippen LogP contribution in [0, 0.1) is 0 Å². The molecule has 166 valence electrons. The lowest BCUT2D eigenvalue weighted by atomic mass is 10.1. The second kappa shape index (κ2) is 8.01. The highest BCUT2D eigenvalue weighted by Gasteiger charge is 2.40. The molecule has 1 fully saturated rings. The van der Waals surface area contributed by atoms with E-state index < -0.39 is 11.9 Å². The fraction of sp³-hybridized carbons (Fsp3) is 0.348. The summed E-state index contributed by atoms with van der Waals surface area (Å²) < 4.78 is 20.2. The molecular weight excluding hydrogens is 410 g/mol. The number of rotatable bonds is 6. The van der Waals surface area contributed by atoms with Crippen LogP contribution in [0.2, 0.25) is 0 Å². The van der Waals surface area contributed by atoms with E-state index in [0.717, 1.165) is 21.9 Å². The Morgan fingerprint density at radius 3 is 2.91 bits per heavy atom. The van der Waals surface area contributed by atoms with Gasteiger partial charge in [-0.2, -0.15) is 0 Å². The van der Waals surface area contributed by atoms with E-state index in [-0.39, 0.29) is 18.9 Å². The number of nitrogens with zero attached hydrogens (tertiary/aromatic N) is 4. The molecule has 0 aliphatic carbocycles. The van der Waals surface area contributed by atoms with Crippen LogP contribution in [0.3, 0.4) is 0 Å². The van der Waals surface area contributed by atoms with E-state index in [4.69, 9.17) is 19.9 Å². The summed E-state index contributed by atoms with van der Waals surface area (Å²) >= 11 is 0. The van der Waals surface area contributed by atoms with E-state index in [1.807, 2.05) is 41.1 Å². The molecule has 3 aromatic heterocycles. The van der Waals surface area contributed by atoms with Crippen molar-refractivity contribution in [3.05, 3.63) is 55.1 Å². The number of nitrogen functional groups attached to an aromatic ring is 1. The normalized spacial score (nSPS) is 21.4. The maximum Gasteiger partial charge on any atom is 0.160 e. The van der Waals surface area contributed by atoms with Gasteiger partial charge in [-0.3, -0.25) is 0 Å². The predicted octanol–water partition coefficient (Wildman–Crippen LogP) is 3.04. The van der Waals surface area contributed by atoms with Gasteiger partial charge in [-0.15, -0.1) is 0 Å². The molecule has 2 unspecified atom stereocenters. The Hall–Kier alpha value is -3.27. The maximum absolute atomic E-state index is 10.2. The van der Waals surface area contributed by atoms with Gasteiger partial charge in [0.2, 0.25) is 0 Å². The Balaban J connectivity index is 1.36. The summed E-state index contributed by atoms with van der Waals surface area (Å²) in [5.41, 5.74) is 7.35. The number of aromatic nitrogens is 4. The summed E-state index contributed by atoms with van der Waals surface area (Å²) in [6.45, 7) is 3.46. The van der Waals surface area contributed by atoms with E-state index in [1.165, 1.54) is 6.33 Å². The molecule has 3 N–H and O–H groups in total. The van der Waals surface area contributed by atoms with Crippen molar-refractivity contribution in [3.8, 4) is 5.75 Å². The van der Waals surface area contributed by atoms with Crippen LogP contribution < -0.4 is 10.5 Å². The Labute approximate surface area is 184 Å². The van der Waals surface area contributed by atoms with Crippen molar-refractivity contribution in [2.24, 2.45) is 0 Å². The monoisotopic (exact) mass is 435 g/mol. The van der Waals surface area contributed by atoms with E-state index in [0.29, 0.717) is 18.0 Å². The number of anilines is 1. The number of pyridine rings is 1. The van der Waals surface area contributed by atoms with Crippen molar-refractivity contribution in [1.82, 2.24) is 19.5 Å². The summed E-state index contributed by atoms with van der Waals surface area (Å²) in [6, 6.07) is 11.3. The second-order valence-corrected chi connectivity index (χ2v) is 8.39. The van der Waals surface area contributed by atoms with Gasteiger partial charge in [0.1, 0.15) is 42.5 Å². The number of benzene rings is 1. The molecule has 0 bridgehead atoms. The molecule has 4 aromatic rings. The van der Waals surface area contributed by atoms with Gasteiger partial charge in [0, 0.05) is 35.7 Å². The number of hydrogen-bond acceptors (Lipinski definition) is 8. The molecule has 1 aromatic carbocycles. The highest BCUT2D eigenvalue weighted by molar-refractivity contribution is 5.81. The first-order valence-corrected chi connectivity index (χ1v) is 10.5. The molecule has 0 amide bonds. The molecule has 1 aliphatic heterocycles. The van der Waals surface area contributed by atoms with Crippen LogP contribution in [0.4, 0.5) is 5.82 Å². The molecule has 32 heavy (non-hydrogen) atoms. The van der Waals surface area contributed by atoms with Crippen molar-refractivity contribution in [2.75, 3.05) is 12.3 Å². The highest BCUT2D eigenvalue weighted by atomic mass is 16.7. The van der Waals surface area contributed by atoms with Crippen molar-refractivity contribution >= 4 is 27.8 Å². The third-order valence-electron chi connectivity index (χ3n) is 5.41. The van der Waals surface area contributed by atoms with E-state index >= 15 is 0 Å². The molecule has 0 radical (unpaired) electrons. The zero-order chi connectivity index (χ0) is 22.3. The minimum atomic E-state index is -1.30. The molecule has 5 rings (SSSR count). The van der Waals surface area contributed by atoms with Crippen LogP contribution in [0.25, 0.3) is 21.9 Å². The Morgan fingerprint density at radius 1 is 1.22 bits per heavy atom. The molecule has 9 nitrogen and oxygen atoms in total. The standard InChI is InChI=1S/C23H25N5O4/c1-23(2,29)32-18-10-21(28-8-7-15-11-25-13-26-22(15)28)31-19(18)12-30-16-5-3-14-4-6-20(24)27-17(14)9-16/h3-9,11,13,18-19,21,29H,10,12H2,1-2H3,(H2,24,27)/t18-,19?,21?/m0/s1. The van der Waals surface area contributed by atoms with Gasteiger partial charge >= 0.3 is 0 Å². The molecule has 3 atom stereocenters. The summed E-state index contributed by atoms with van der Waals surface area (Å²) in [5, 5.41) is 12.2. The van der Waals surface area contributed by atoms with Gasteiger partial charge in [-0.1, -0.05) is 0 Å². The quantitative estimate of drug-likeness (QED) is 0.444. The van der Waals surface area contributed by atoms with Crippen LogP contribution in [-0.2, 0) is 9.47 Å². The minimum absolute atomic E-state index is 0.249. The number of fused-ring (bicyclic) bond motifs is 2. The Morgan fingerprint density at radius 2 is 2.06 bits per heavy atom. The molecule has 1 saturated heterocycles. The minimum Gasteiger partial charge on any atom is -0.491 e. The SMILES string of the molecule is CC(C)(O)O[C@H]1CC(n2ccc3cncnc32)OC1COc1ccc2ccc(N)nc2c1. The number of ether oxygens (including phenoxy) is 3. The first kappa shape index (κ1) is 20.6. The lowest BCUT2D eigenvalue weighted by molar-refractivity contribution is -0.216. The lowest BCUT2D eigenvalue weighted by Crippen LogP contribution is -2.37. The molecule has 1 aliphatic rings. The molecule has 0 spiro atoms. The van der Waals surface area contributed by atoms with Gasteiger partial charge in [0.05, 0.1) is 11.6 Å². The summed E-state index contributed by atoms with van der Waals surface area (Å²) in [7, 11) is 0. The van der Waals surface area contributed by atoms with Crippen LogP contribution in [0.5, 0.6) is 5.75 Å². The summed E-state index contributed by atoms with van der Waals surface area (Å²) in [6.07, 6.45) is 4.68. The van der Waals surface area contributed by atoms with Crippen LogP contribution in [-0.4, -0.2) is 49.2 Å². The zero-order valence-electron chi connectivity index (χ0n) is 17.9. The van der Waals surface area contributed by atoms with Gasteiger partial charge in [0.15, 0.2) is 5.79 Å². The first-order valence-electron chi connectivity index (χ1n) is 10.5. The fourth-order valence-electron chi connectivity index (χ4n) is 4.03. The van der Waals surface area contributed by atoms with E-state index in [9.17, 15) is 5.11 Å². The van der Waals surface area contributed by atoms with Crippen molar-refractivity contribution in [2.45, 2.75) is 44.5 Å². The van der Waals surface area contributed by atoms with E-state index in [2.05, 4.69) is 15.0 Å². The number of nitrogens with two attached hydrogens (primary N) is 1.